The number of ether oxygens (including phenoxy) is 1. The van der Waals surface area contributed by atoms with Crippen molar-refractivity contribution in [1.29, 1.82) is 0 Å². The minimum absolute atomic E-state index is 0.00162. The Bertz CT molecular complexity index is 715. The van der Waals surface area contributed by atoms with Gasteiger partial charge in [-0.15, -0.1) is 0 Å². The second-order valence-corrected chi connectivity index (χ2v) is 4.99. The first-order valence-corrected chi connectivity index (χ1v) is 7.16. The number of hydrogen-bond acceptors (Lipinski definition) is 5. The highest BCUT2D eigenvalue weighted by atomic mass is 16.5. The molecule has 1 heterocycles. The highest BCUT2D eigenvalue weighted by molar-refractivity contribution is 5.88. The molecule has 0 radical (unpaired) electrons. The van der Waals surface area contributed by atoms with E-state index in [9.17, 15) is 14.7 Å². The summed E-state index contributed by atoms with van der Waals surface area (Å²) in [7, 11) is 1.51. The zero-order valence-electron chi connectivity index (χ0n) is 13.1. The molecule has 2 aromatic rings. The van der Waals surface area contributed by atoms with E-state index in [1.807, 2.05) is 0 Å². The average molecular weight is 333 g/mol. The number of aromatic nitrogens is 2. The molecule has 0 aliphatic heterocycles. The Hall–Kier alpha value is -3.07. The largest absolute Gasteiger partial charge is 0.496 e. The molecule has 0 fully saturated rings. The van der Waals surface area contributed by atoms with Crippen molar-refractivity contribution in [1.82, 2.24) is 15.1 Å². The minimum atomic E-state index is -0.913. The van der Waals surface area contributed by atoms with Crippen LogP contribution in [0.4, 0.5) is 10.5 Å². The second kappa shape index (κ2) is 7.97. The molecule has 0 saturated carbocycles. The smallest absolute Gasteiger partial charge is 0.319 e. The van der Waals surface area contributed by atoms with Gasteiger partial charge in [0.15, 0.2) is 0 Å². The third-order valence-electron chi connectivity index (χ3n) is 3.16. The number of amides is 3. The van der Waals surface area contributed by atoms with Crippen LogP contribution in [0.15, 0.2) is 36.7 Å². The Morgan fingerprint density at radius 2 is 2.17 bits per heavy atom. The van der Waals surface area contributed by atoms with Gasteiger partial charge in [-0.05, 0) is 6.07 Å². The first kappa shape index (κ1) is 17.3. The van der Waals surface area contributed by atoms with E-state index in [2.05, 4.69) is 15.7 Å². The minimum Gasteiger partial charge on any atom is -0.496 e. The fraction of sp³-hybridized carbons (Fsp3) is 0.267. The monoisotopic (exact) mass is 333 g/mol. The highest BCUT2D eigenvalue weighted by Crippen LogP contribution is 2.23. The summed E-state index contributed by atoms with van der Waals surface area (Å²) < 4.78 is 6.47. The molecule has 1 aromatic carbocycles. The van der Waals surface area contributed by atoms with E-state index < -0.39 is 18.0 Å². The van der Waals surface area contributed by atoms with Crippen LogP contribution in [0.1, 0.15) is 11.7 Å². The molecule has 0 aliphatic rings. The summed E-state index contributed by atoms with van der Waals surface area (Å²) >= 11 is 0. The SMILES string of the molecule is COc1ccccc1[C@H](O)CNC(=O)Nc1cnn(CC(N)=O)c1. The second-order valence-electron chi connectivity index (χ2n) is 4.99. The van der Waals surface area contributed by atoms with Crippen LogP contribution < -0.4 is 21.1 Å². The molecule has 9 heteroatoms. The molecule has 0 bridgehead atoms. The number of nitrogens with zero attached hydrogens (tertiary/aromatic N) is 2. The van der Waals surface area contributed by atoms with Gasteiger partial charge in [0.1, 0.15) is 12.3 Å². The van der Waals surface area contributed by atoms with Crippen molar-refractivity contribution in [2.45, 2.75) is 12.6 Å². The van der Waals surface area contributed by atoms with Crippen molar-refractivity contribution < 1.29 is 19.4 Å². The molecule has 2 rings (SSSR count). The zero-order chi connectivity index (χ0) is 17.5. The number of urea groups is 1. The number of anilines is 1. The van der Waals surface area contributed by atoms with Crippen molar-refractivity contribution in [3.05, 3.63) is 42.2 Å². The van der Waals surface area contributed by atoms with Crippen LogP contribution in [0.3, 0.4) is 0 Å². The molecule has 0 spiro atoms. The third kappa shape index (κ3) is 4.71. The summed E-state index contributed by atoms with van der Waals surface area (Å²) in [6.45, 7) is -0.0720. The van der Waals surface area contributed by atoms with Gasteiger partial charge in [-0.25, -0.2) is 4.79 Å². The fourth-order valence-corrected chi connectivity index (χ4v) is 2.09. The van der Waals surface area contributed by atoms with Crippen LogP contribution in [-0.2, 0) is 11.3 Å². The summed E-state index contributed by atoms with van der Waals surface area (Å²) in [4.78, 5) is 22.6. The van der Waals surface area contributed by atoms with Gasteiger partial charge in [-0.3, -0.25) is 9.48 Å². The molecule has 1 atom stereocenters. The number of carbonyl (C=O) groups is 2. The summed E-state index contributed by atoms with van der Waals surface area (Å²) in [5, 5.41) is 19.1. The highest BCUT2D eigenvalue weighted by Gasteiger charge is 2.14. The lowest BCUT2D eigenvalue weighted by Gasteiger charge is -2.15. The third-order valence-corrected chi connectivity index (χ3v) is 3.16. The van der Waals surface area contributed by atoms with Gasteiger partial charge < -0.3 is 26.2 Å². The molecule has 0 unspecified atom stereocenters. The number of nitrogens with one attached hydrogen (secondary N) is 2. The Morgan fingerprint density at radius 1 is 1.42 bits per heavy atom. The average Bonchev–Trinajstić information content (AvgIpc) is 2.98. The summed E-state index contributed by atoms with van der Waals surface area (Å²) in [6.07, 6.45) is 1.95. The Labute approximate surface area is 138 Å². The van der Waals surface area contributed by atoms with Crippen LogP contribution in [0.5, 0.6) is 5.75 Å². The quantitative estimate of drug-likeness (QED) is 0.576. The van der Waals surface area contributed by atoms with Crippen LogP contribution >= 0.6 is 0 Å². The van der Waals surface area contributed by atoms with Crippen LogP contribution in [0.2, 0.25) is 0 Å². The Morgan fingerprint density at radius 3 is 2.88 bits per heavy atom. The van der Waals surface area contributed by atoms with Gasteiger partial charge >= 0.3 is 6.03 Å². The summed E-state index contributed by atoms with van der Waals surface area (Å²) in [5.74, 6) is 0.00830. The van der Waals surface area contributed by atoms with Gasteiger partial charge in [0, 0.05) is 18.3 Å². The van der Waals surface area contributed by atoms with E-state index >= 15 is 0 Å². The number of carbonyl (C=O) groups excluding carboxylic acids is 2. The topological polar surface area (TPSA) is 132 Å². The van der Waals surface area contributed by atoms with E-state index in [4.69, 9.17) is 10.5 Å². The molecule has 3 amide bonds. The predicted molar refractivity (Wildman–Crippen MR) is 86.4 cm³/mol. The number of methoxy groups -OCH3 is 1. The van der Waals surface area contributed by atoms with Crippen LogP contribution in [0.25, 0.3) is 0 Å². The fourth-order valence-electron chi connectivity index (χ4n) is 2.09. The van der Waals surface area contributed by atoms with Gasteiger partial charge in [0.2, 0.25) is 5.91 Å². The molecule has 128 valence electrons. The maximum absolute atomic E-state index is 11.8. The van der Waals surface area contributed by atoms with Gasteiger partial charge in [-0.2, -0.15) is 5.10 Å². The summed E-state index contributed by atoms with van der Waals surface area (Å²) in [5.41, 5.74) is 6.04. The van der Waals surface area contributed by atoms with E-state index in [0.717, 1.165) is 0 Å². The first-order chi connectivity index (χ1) is 11.5. The molecular weight excluding hydrogens is 314 g/mol. The maximum atomic E-state index is 11.8. The van der Waals surface area contributed by atoms with E-state index in [-0.39, 0.29) is 13.1 Å². The van der Waals surface area contributed by atoms with Crippen molar-refractivity contribution in [2.24, 2.45) is 5.73 Å². The number of aliphatic hydroxyl groups is 1. The number of nitrogens with two attached hydrogens (primary N) is 1. The lowest BCUT2D eigenvalue weighted by Crippen LogP contribution is -2.32. The Balaban J connectivity index is 1.86. The maximum Gasteiger partial charge on any atom is 0.319 e. The molecule has 0 saturated heterocycles. The molecule has 24 heavy (non-hydrogen) atoms. The first-order valence-electron chi connectivity index (χ1n) is 7.16. The predicted octanol–water partition coefficient (Wildman–Crippen LogP) is 0.232. The molecule has 0 aliphatic carbocycles. The van der Waals surface area contributed by atoms with Crippen molar-refractivity contribution in [2.75, 3.05) is 19.0 Å². The number of primary amides is 1. The lowest BCUT2D eigenvalue weighted by atomic mass is 10.1. The van der Waals surface area contributed by atoms with Crippen LogP contribution in [0, 0.1) is 0 Å². The van der Waals surface area contributed by atoms with Gasteiger partial charge in [0.05, 0.1) is 25.1 Å². The van der Waals surface area contributed by atoms with E-state index in [0.29, 0.717) is 17.0 Å². The van der Waals surface area contributed by atoms with E-state index in [1.54, 1.807) is 24.3 Å². The van der Waals surface area contributed by atoms with Crippen molar-refractivity contribution in [3.63, 3.8) is 0 Å². The number of aliphatic hydroxyl groups excluding tert-OH is 1. The summed E-state index contributed by atoms with van der Waals surface area (Å²) in [6, 6.07) is 6.50. The number of hydrogen-bond donors (Lipinski definition) is 4. The molecule has 1 aromatic heterocycles. The van der Waals surface area contributed by atoms with Gasteiger partial charge in [-0.1, -0.05) is 18.2 Å². The van der Waals surface area contributed by atoms with E-state index in [1.165, 1.54) is 24.2 Å². The number of benzene rings is 1. The zero-order valence-corrected chi connectivity index (χ0v) is 13.1. The number of para-hydroxylation sites is 1. The standard InChI is InChI=1S/C15H19N5O4/c1-24-13-5-3-2-4-11(13)12(21)7-17-15(23)19-10-6-18-20(8-10)9-14(16)22/h2-6,8,12,21H,7,9H2,1H3,(H2,16,22)(H2,17,19,23)/t12-/m1/s1. The molecule has 9 nitrogen and oxygen atoms in total. The van der Waals surface area contributed by atoms with Crippen LogP contribution in [-0.4, -0.2) is 40.5 Å². The van der Waals surface area contributed by atoms with Crippen molar-refractivity contribution >= 4 is 17.6 Å². The molecule has 5 N–H and O–H groups in total. The van der Waals surface area contributed by atoms with Crippen molar-refractivity contribution in [3.8, 4) is 5.75 Å². The number of rotatable bonds is 7. The normalized spacial score (nSPS) is 11.6. The van der Waals surface area contributed by atoms with Gasteiger partial charge in [0.25, 0.3) is 0 Å². The lowest BCUT2D eigenvalue weighted by molar-refractivity contribution is -0.118. The Kier molecular flexibility index (Phi) is 5.74. The molecular formula is C15H19N5O4.